The molecule has 1 aliphatic carbocycles. The Labute approximate surface area is 115 Å². The van der Waals surface area contributed by atoms with Crippen molar-refractivity contribution in [3.8, 4) is 0 Å². The van der Waals surface area contributed by atoms with E-state index in [1.165, 1.54) is 0 Å². The molecule has 0 saturated carbocycles. The summed E-state index contributed by atoms with van der Waals surface area (Å²) in [6, 6.07) is 8.73. The van der Waals surface area contributed by atoms with Crippen LogP contribution >= 0.6 is 0 Å². The Kier molecular flexibility index (Phi) is 2.67. The van der Waals surface area contributed by atoms with Gasteiger partial charge in [0.2, 0.25) is 10.0 Å². The van der Waals surface area contributed by atoms with Crippen molar-refractivity contribution in [1.82, 2.24) is 4.31 Å². The van der Waals surface area contributed by atoms with Gasteiger partial charge in [-0.05, 0) is 31.9 Å². The van der Waals surface area contributed by atoms with E-state index in [1.54, 1.807) is 28.6 Å². The van der Waals surface area contributed by atoms with Crippen molar-refractivity contribution in [3.63, 3.8) is 0 Å². The molecule has 19 heavy (non-hydrogen) atoms. The number of sulfonamides is 1. The fourth-order valence-electron chi connectivity index (χ4n) is 3.23. The summed E-state index contributed by atoms with van der Waals surface area (Å²) in [4.78, 5) is 0.396. The fraction of sp³-hybridized carbons (Fsp3) is 0.467. The maximum Gasteiger partial charge on any atom is 0.243 e. The van der Waals surface area contributed by atoms with E-state index in [9.17, 15) is 8.42 Å². The minimum absolute atomic E-state index is 0.0730. The van der Waals surface area contributed by atoms with Crippen molar-refractivity contribution in [2.24, 2.45) is 5.41 Å². The highest BCUT2D eigenvalue weighted by atomic mass is 32.2. The van der Waals surface area contributed by atoms with E-state index in [-0.39, 0.29) is 11.0 Å². The molecule has 1 aromatic rings. The molecule has 0 spiro atoms. The van der Waals surface area contributed by atoms with Crippen LogP contribution in [0.2, 0.25) is 0 Å². The molecule has 2 atom stereocenters. The molecule has 3 rings (SSSR count). The standard InChI is InChI=1S/C15H19NO2S/c1-14-10-6-7-11-15(14,2)16(12-14)19(17,18)13-8-4-3-5-9-13/h3-9H,10-12H2,1-2H3/t14-,15-/m0/s1. The van der Waals surface area contributed by atoms with Crippen molar-refractivity contribution in [1.29, 1.82) is 0 Å². The largest absolute Gasteiger partial charge is 0.243 e. The van der Waals surface area contributed by atoms with E-state index in [0.29, 0.717) is 11.4 Å². The molecular weight excluding hydrogens is 258 g/mol. The summed E-state index contributed by atoms with van der Waals surface area (Å²) >= 11 is 0. The molecule has 1 saturated heterocycles. The maximum absolute atomic E-state index is 12.7. The number of fused-ring (bicyclic) bond motifs is 1. The Bertz CT molecular complexity index is 623. The fourth-order valence-corrected chi connectivity index (χ4v) is 5.27. The van der Waals surface area contributed by atoms with Gasteiger partial charge in [0, 0.05) is 17.5 Å². The second-order valence-corrected chi connectivity index (χ2v) is 7.90. The van der Waals surface area contributed by atoms with Crippen LogP contribution < -0.4 is 0 Å². The predicted octanol–water partition coefficient (Wildman–Crippen LogP) is 2.81. The zero-order valence-electron chi connectivity index (χ0n) is 11.3. The number of allylic oxidation sites excluding steroid dienone is 1. The first-order valence-corrected chi connectivity index (χ1v) is 8.07. The molecule has 0 amide bonds. The Morgan fingerprint density at radius 1 is 1.05 bits per heavy atom. The van der Waals surface area contributed by atoms with Crippen LogP contribution in [0.1, 0.15) is 26.7 Å². The van der Waals surface area contributed by atoms with Crippen molar-refractivity contribution >= 4 is 10.0 Å². The smallest absolute Gasteiger partial charge is 0.207 e. The molecule has 2 aliphatic rings. The average molecular weight is 277 g/mol. The van der Waals surface area contributed by atoms with Crippen LogP contribution in [0.15, 0.2) is 47.4 Å². The summed E-state index contributed by atoms with van der Waals surface area (Å²) in [7, 11) is -3.37. The van der Waals surface area contributed by atoms with Gasteiger partial charge in [-0.25, -0.2) is 8.42 Å². The van der Waals surface area contributed by atoms with Crippen LogP contribution in [-0.4, -0.2) is 24.8 Å². The molecule has 0 bridgehead atoms. The first kappa shape index (κ1) is 12.9. The molecule has 1 aliphatic heterocycles. The minimum Gasteiger partial charge on any atom is -0.207 e. The van der Waals surface area contributed by atoms with Crippen LogP contribution in [-0.2, 0) is 10.0 Å². The van der Waals surface area contributed by atoms with Gasteiger partial charge < -0.3 is 0 Å². The van der Waals surface area contributed by atoms with Gasteiger partial charge in [-0.15, -0.1) is 0 Å². The summed E-state index contributed by atoms with van der Waals surface area (Å²) < 4.78 is 27.1. The highest BCUT2D eigenvalue weighted by molar-refractivity contribution is 7.89. The first-order valence-electron chi connectivity index (χ1n) is 6.63. The SMILES string of the molecule is C[C@@]12CC=CC[C@]1(C)N(S(=O)(=O)c1ccccc1)C2. The number of hydrogen-bond acceptors (Lipinski definition) is 2. The van der Waals surface area contributed by atoms with Gasteiger partial charge in [0.25, 0.3) is 0 Å². The van der Waals surface area contributed by atoms with Crippen LogP contribution in [0.5, 0.6) is 0 Å². The van der Waals surface area contributed by atoms with Gasteiger partial charge in [-0.3, -0.25) is 0 Å². The molecule has 1 heterocycles. The maximum atomic E-state index is 12.7. The Morgan fingerprint density at radius 2 is 1.68 bits per heavy atom. The number of rotatable bonds is 2. The van der Waals surface area contributed by atoms with Gasteiger partial charge in [0.1, 0.15) is 0 Å². The average Bonchev–Trinajstić information content (AvgIpc) is 2.40. The van der Waals surface area contributed by atoms with Crippen LogP contribution in [0.3, 0.4) is 0 Å². The van der Waals surface area contributed by atoms with E-state index in [2.05, 4.69) is 26.0 Å². The predicted molar refractivity (Wildman–Crippen MR) is 75.2 cm³/mol. The van der Waals surface area contributed by atoms with E-state index < -0.39 is 10.0 Å². The van der Waals surface area contributed by atoms with Crippen LogP contribution in [0.4, 0.5) is 0 Å². The van der Waals surface area contributed by atoms with Gasteiger partial charge >= 0.3 is 0 Å². The number of benzene rings is 1. The van der Waals surface area contributed by atoms with E-state index in [4.69, 9.17) is 0 Å². The third-order valence-electron chi connectivity index (χ3n) is 4.92. The molecule has 0 aromatic heterocycles. The summed E-state index contributed by atoms with van der Waals surface area (Å²) in [6.07, 6.45) is 6.04. The lowest BCUT2D eigenvalue weighted by molar-refractivity contribution is -0.0807. The van der Waals surface area contributed by atoms with Gasteiger partial charge in [0.05, 0.1) is 4.90 Å². The Balaban J connectivity index is 2.00. The molecule has 0 radical (unpaired) electrons. The third-order valence-corrected chi connectivity index (χ3v) is 6.91. The monoisotopic (exact) mass is 277 g/mol. The van der Waals surface area contributed by atoms with Gasteiger partial charge in [-0.1, -0.05) is 37.3 Å². The van der Waals surface area contributed by atoms with Crippen molar-refractivity contribution in [3.05, 3.63) is 42.5 Å². The molecule has 1 fully saturated rings. The lowest BCUT2D eigenvalue weighted by atomic mass is 9.59. The summed E-state index contributed by atoms with van der Waals surface area (Å²) in [6.45, 7) is 4.87. The van der Waals surface area contributed by atoms with Gasteiger partial charge in [-0.2, -0.15) is 4.31 Å². The zero-order valence-corrected chi connectivity index (χ0v) is 12.2. The Hall–Kier alpha value is -1.13. The summed E-state index contributed by atoms with van der Waals surface area (Å²) in [5.41, 5.74) is -0.208. The number of hydrogen-bond donors (Lipinski definition) is 0. The molecule has 3 nitrogen and oxygen atoms in total. The third kappa shape index (κ3) is 1.63. The highest BCUT2D eigenvalue weighted by Crippen LogP contribution is 2.55. The summed E-state index contributed by atoms with van der Waals surface area (Å²) in [5.74, 6) is 0. The van der Waals surface area contributed by atoms with Crippen LogP contribution in [0.25, 0.3) is 0 Å². The molecule has 0 N–H and O–H groups in total. The molecular formula is C15H19NO2S. The van der Waals surface area contributed by atoms with Gasteiger partial charge in [0.15, 0.2) is 0 Å². The molecule has 102 valence electrons. The van der Waals surface area contributed by atoms with Crippen LogP contribution in [0, 0.1) is 5.41 Å². The zero-order chi connectivity index (χ0) is 13.7. The van der Waals surface area contributed by atoms with E-state index in [0.717, 1.165) is 12.8 Å². The lowest BCUT2D eigenvalue weighted by Crippen LogP contribution is -2.73. The number of nitrogens with zero attached hydrogens (tertiary/aromatic N) is 1. The molecule has 0 unspecified atom stereocenters. The second-order valence-electron chi connectivity index (χ2n) is 6.04. The van der Waals surface area contributed by atoms with E-state index in [1.807, 2.05) is 6.07 Å². The van der Waals surface area contributed by atoms with E-state index >= 15 is 0 Å². The van der Waals surface area contributed by atoms with Crippen molar-refractivity contribution < 1.29 is 8.42 Å². The normalized spacial score (nSPS) is 34.6. The highest BCUT2D eigenvalue weighted by Gasteiger charge is 2.62. The first-order chi connectivity index (χ1) is 8.90. The summed E-state index contributed by atoms with van der Waals surface area (Å²) in [5, 5.41) is 0. The Morgan fingerprint density at radius 3 is 2.32 bits per heavy atom. The lowest BCUT2D eigenvalue weighted by Gasteiger charge is -2.64. The van der Waals surface area contributed by atoms with Crippen molar-refractivity contribution in [2.75, 3.05) is 6.54 Å². The topological polar surface area (TPSA) is 37.4 Å². The molecule has 4 heteroatoms. The minimum atomic E-state index is -3.37. The van der Waals surface area contributed by atoms with Crippen molar-refractivity contribution in [2.45, 2.75) is 37.1 Å². The quantitative estimate of drug-likeness (QED) is 0.780. The molecule has 1 aromatic carbocycles. The second kappa shape index (κ2) is 3.93.